The van der Waals surface area contributed by atoms with Gasteiger partial charge in [0.1, 0.15) is 6.04 Å². The lowest BCUT2D eigenvalue weighted by Gasteiger charge is -2.29. The fraction of sp³-hybridized carbons (Fsp3) is 0.462. The van der Waals surface area contributed by atoms with Crippen molar-refractivity contribution in [1.29, 1.82) is 0 Å². The maximum Gasteiger partial charge on any atom is 0.416 e. The molecule has 0 fully saturated rings. The zero-order chi connectivity index (χ0) is 28.7. The molecule has 210 valence electrons. The molecule has 0 bridgehead atoms. The van der Waals surface area contributed by atoms with Crippen molar-refractivity contribution in [1.82, 2.24) is 10.2 Å². The quantitative estimate of drug-likeness (QED) is 0.382. The highest BCUT2D eigenvalue weighted by Crippen LogP contribution is 2.32. The molecule has 0 aliphatic carbocycles. The lowest BCUT2D eigenvalue weighted by molar-refractivity contribution is -0.140. The summed E-state index contributed by atoms with van der Waals surface area (Å²) in [4.78, 5) is 27.4. The van der Waals surface area contributed by atoms with Gasteiger partial charge in [-0.05, 0) is 55.2 Å². The van der Waals surface area contributed by atoms with Gasteiger partial charge in [-0.1, -0.05) is 43.6 Å². The Hall–Kier alpha value is -2.79. The van der Waals surface area contributed by atoms with Gasteiger partial charge >= 0.3 is 6.18 Å². The summed E-state index contributed by atoms with van der Waals surface area (Å²) in [5.41, 5.74) is -0.377. The lowest BCUT2D eigenvalue weighted by atomic mass is 10.1. The number of alkyl halides is 3. The first-order valence-electron chi connectivity index (χ1n) is 12.1. The molecule has 0 heterocycles. The van der Waals surface area contributed by atoms with Crippen molar-refractivity contribution in [2.24, 2.45) is 5.92 Å². The molecule has 1 atom stereocenters. The van der Waals surface area contributed by atoms with Gasteiger partial charge in [0.25, 0.3) is 0 Å². The van der Waals surface area contributed by atoms with Gasteiger partial charge in [-0.3, -0.25) is 13.9 Å². The second-order valence-electron chi connectivity index (χ2n) is 9.45. The normalized spacial score (nSPS) is 12.8. The van der Waals surface area contributed by atoms with Crippen LogP contribution in [-0.4, -0.2) is 50.5 Å². The molecule has 0 spiro atoms. The molecular weight excluding hydrogens is 543 g/mol. The molecule has 1 N–H and O–H groups in total. The van der Waals surface area contributed by atoms with E-state index in [1.54, 1.807) is 31.2 Å². The van der Waals surface area contributed by atoms with Crippen molar-refractivity contribution in [2.45, 2.75) is 52.4 Å². The number of hydrogen-bond acceptors (Lipinski definition) is 4. The fourth-order valence-corrected chi connectivity index (χ4v) is 4.75. The third-order valence-electron chi connectivity index (χ3n) is 5.73. The molecule has 2 rings (SSSR count). The van der Waals surface area contributed by atoms with Crippen molar-refractivity contribution in [2.75, 3.05) is 23.7 Å². The van der Waals surface area contributed by atoms with Gasteiger partial charge in [-0.15, -0.1) is 0 Å². The number of rotatable bonds is 12. The summed E-state index contributed by atoms with van der Waals surface area (Å²) in [5.74, 6) is -0.517. The van der Waals surface area contributed by atoms with Crippen LogP contribution in [0.25, 0.3) is 0 Å². The van der Waals surface area contributed by atoms with Crippen LogP contribution in [0.3, 0.4) is 0 Å². The van der Waals surface area contributed by atoms with Gasteiger partial charge in [0.2, 0.25) is 21.8 Å². The molecule has 7 nitrogen and oxygen atoms in total. The van der Waals surface area contributed by atoms with E-state index in [4.69, 9.17) is 11.6 Å². The van der Waals surface area contributed by atoms with Crippen LogP contribution in [0.5, 0.6) is 0 Å². The Labute approximate surface area is 227 Å². The van der Waals surface area contributed by atoms with E-state index in [2.05, 4.69) is 5.32 Å². The van der Waals surface area contributed by atoms with Crippen LogP contribution >= 0.6 is 11.6 Å². The summed E-state index contributed by atoms with van der Waals surface area (Å²) in [7, 11) is -3.93. The van der Waals surface area contributed by atoms with E-state index < -0.39 is 33.7 Å². The molecule has 2 aromatic carbocycles. The summed E-state index contributed by atoms with van der Waals surface area (Å²) >= 11 is 5.95. The lowest BCUT2D eigenvalue weighted by Crippen LogP contribution is -2.48. The van der Waals surface area contributed by atoms with Crippen LogP contribution in [-0.2, 0) is 32.3 Å². The van der Waals surface area contributed by atoms with Crippen LogP contribution in [0.15, 0.2) is 48.5 Å². The molecule has 38 heavy (non-hydrogen) atoms. The minimum atomic E-state index is -4.64. The first-order valence-corrected chi connectivity index (χ1v) is 14.3. The molecule has 0 radical (unpaired) electrons. The van der Waals surface area contributed by atoms with E-state index in [1.807, 2.05) is 13.8 Å². The Balaban J connectivity index is 2.20. The number of sulfonamides is 1. The van der Waals surface area contributed by atoms with Crippen molar-refractivity contribution in [3.63, 3.8) is 0 Å². The average Bonchev–Trinajstić information content (AvgIpc) is 2.83. The maximum absolute atomic E-state index is 13.3. The molecule has 0 aromatic heterocycles. The topological polar surface area (TPSA) is 86.8 Å². The second kappa shape index (κ2) is 13.3. The van der Waals surface area contributed by atoms with Crippen molar-refractivity contribution in [3.8, 4) is 0 Å². The number of anilines is 1. The van der Waals surface area contributed by atoms with Crippen LogP contribution in [0.4, 0.5) is 18.9 Å². The zero-order valence-electron chi connectivity index (χ0n) is 21.8. The van der Waals surface area contributed by atoms with E-state index in [1.165, 1.54) is 11.0 Å². The van der Waals surface area contributed by atoms with E-state index >= 15 is 0 Å². The molecule has 0 aliphatic rings. The monoisotopic (exact) mass is 575 g/mol. The number of halogens is 4. The summed E-state index contributed by atoms with van der Waals surface area (Å²) in [6, 6.07) is 10.0. The second-order valence-corrected chi connectivity index (χ2v) is 11.8. The smallest absolute Gasteiger partial charge is 0.354 e. The Kier molecular flexibility index (Phi) is 11.0. The molecule has 0 saturated carbocycles. The number of nitrogens with zero attached hydrogens (tertiary/aromatic N) is 2. The molecule has 0 unspecified atom stereocenters. The minimum Gasteiger partial charge on any atom is -0.354 e. The van der Waals surface area contributed by atoms with E-state index in [0.29, 0.717) is 11.6 Å². The molecule has 2 amide bonds. The maximum atomic E-state index is 13.3. The predicted molar refractivity (Wildman–Crippen MR) is 142 cm³/mol. The van der Waals surface area contributed by atoms with Gasteiger partial charge in [0.15, 0.2) is 0 Å². The molecular formula is C26H33ClF3N3O4S. The molecule has 0 aliphatic heterocycles. The third-order valence-corrected chi connectivity index (χ3v) is 7.18. The average molecular weight is 576 g/mol. The highest BCUT2D eigenvalue weighted by atomic mass is 35.5. The van der Waals surface area contributed by atoms with Gasteiger partial charge in [0.05, 0.1) is 17.5 Å². The van der Waals surface area contributed by atoms with Crippen LogP contribution in [0.1, 0.15) is 44.7 Å². The predicted octanol–water partition coefficient (Wildman–Crippen LogP) is 5.09. The Morgan fingerprint density at radius 1 is 1.05 bits per heavy atom. The van der Waals surface area contributed by atoms with Crippen molar-refractivity contribution >= 4 is 39.1 Å². The Bertz CT molecular complexity index is 1200. The largest absolute Gasteiger partial charge is 0.416 e. The van der Waals surface area contributed by atoms with Crippen LogP contribution in [0.2, 0.25) is 5.02 Å². The summed E-state index contributed by atoms with van der Waals surface area (Å²) in [6.45, 7) is 5.84. The summed E-state index contributed by atoms with van der Waals surface area (Å²) in [5, 5.41) is 3.33. The zero-order valence-corrected chi connectivity index (χ0v) is 23.3. The Morgan fingerprint density at radius 3 is 2.24 bits per heavy atom. The number of carbonyl (C=O) groups is 2. The number of nitrogens with one attached hydrogen (secondary N) is 1. The van der Waals surface area contributed by atoms with Gasteiger partial charge in [0, 0.05) is 31.1 Å². The summed E-state index contributed by atoms with van der Waals surface area (Å²) in [6.07, 6.45) is -3.84. The molecule has 0 saturated heterocycles. The van der Waals surface area contributed by atoms with E-state index in [-0.39, 0.29) is 43.4 Å². The summed E-state index contributed by atoms with van der Waals surface area (Å²) < 4.78 is 65.1. The van der Waals surface area contributed by atoms with Crippen molar-refractivity contribution < 1.29 is 31.2 Å². The Morgan fingerprint density at radius 2 is 1.68 bits per heavy atom. The highest BCUT2D eigenvalue weighted by Gasteiger charge is 2.32. The SMILES string of the molecule is CC(C)CNC(=O)[C@@H](C)N(Cc1ccc(Cl)cc1)C(=O)CCCN(c1cccc(C(F)(F)F)c1)S(C)(=O)=O. The number of hydrogen-bond donors (Lipinski definition) is 1. The van der Waals surface area contributed by atoms with Gasteiger partial charge < -0.3 is 10.2 Å². The van der Waals surface area contributed by atoms with Gasteiger partial charge in [-0.25, -0.2) is 8.42 Å². The van der Waals surface area contributed by atoms with E-state index in [9.17, 15) is 31.2 Å². The fourth-order valence-electron chi connectivity index (χ4n) is 3.66. The third kappa shape index (κ3) is 9.50. The van der Waals surface area contributed by atoms with Crippen molar-refractivity contribution in [3.05, 3.63) is 64.7 Å². The van der Waals surface area contributed by atoms with E-state index in [0.717, 1.165) is 34.3 Å². The molecule has 2 aromatic rings. The van der Waals surface area contributed by atoms with Crippen LogP contribution < -0.4 is 9.62 Å². The number of carbonyl (C=O) groups excluding carboxylic acids is 2. The highest BCUT2D eigenvalue weighted by molar-refractivity contribution is 7.92. The number of benzene rings is 2. The molecule has 12 heteroatoms. The first kappa shape index (κ1) is 31.4. The van der Waals surface area contributed by atoms with Gasteiger partial charge in [-0.2, -0.15) is 13.2 Å². The first-order chi connectivity index (χ1) is 17.6. The number of amides is 2. The minimum absolute atomic E-state index is 0.0274. The standard InChI is InChI=1S/C26H33ClF3N3O4S/c1-18(2)16-31-25(35)19(3)32(17-20-10-12-22(27)13-11-20)24(34)9-6-14-33(38(4,36)37)23-8-5-7-21(15-23)26(28,29)30/h5,7-8,10-13,15,18-19H,6,9,14,16-17H2,1-4H3,(H,31,35)/t19-/m1/s1. The van der Waals surface area contributed by atoms with Crippen LogP contribution in [0, 0.1) is 5.92 Å².